The third kappa shape index (κ3) is 3.61. The maximum Gasteiger partial charge on any atom is 0.0159 e. The van der Waals surface area contributed by atoms with Crippen molar-refractivity contribution in [2.45, 2.75) is 39.0 Å². The lowest BCUT2D eigenvalue weighted by Crippen LogP contribution is -2.14. The van der Waals surface area contributed by atoms with E-state index in [2.05, 4.69) is 155 Å². The molecule has 1 aliphatic rings. The third-order valence-electron chi connectivity index (χ3n) is 9.62. The molecule has 0 radical (unpaired) electrons. The Morgan fingerprint density at radius 3 is 1.60 bits per heavy atom. The number of rotatable bonds is 3. The van der Waals surface area contributed by atoms with Crippen LogP contribution in [0.15, 0.2) is 127 Å². The van der Waals surface area contributed by atoms with Crippen molar-refractivity contribution in [3.63, 3.8) is 0 Å². The molecule has 7 aromatic carbocycles. The first-order chi connectivity index (χ1) is 20.4. The van der Waals surface area contributed by atoms with E-state index in [-0.39, 0.29) is 5.41 Å². The van der Waals surface area contributed by atoms with Crippen LogP contribution < -0.4 is 0 Å². The van der Waals surface area contributed by atoms with E-state index >= 15 is 0 Å². The van der Waals surface area contributed by atoms with Gasteiger partial charge in [-0.3, -0.25) is 0 Å². The number of fused-ring (bicyclic) bond motifs is 6. The van der Waals surface area contributed by atoms with Gasteiger partial charge in [0.15, 0.2) is 0 Å². The minimum Gasteiger partial charge on any atom is -0.0619 e. The minimum atomic E-state index is -0.0337. The number of hydrogen-bond acceptors (Lipinski definition) is 0. The van der Waals surface area contributed by atoms with Crippen molar-refractivity contribution in [1.82, 2.24) is 0 Å². The van der Waals surface area contributed by atoms with Gasteiger partial charge in [0.05, 0.1) is 0 Å². The predicted octanol–water partition coefficient (Wildman–Crippen LogP) is 11.9. The fourth-order valence-electron chi connectivity index (χ4n) is 7.39. The molecule has 0 saturated heterocycles. The van der Waals surface area contributed by atoms with Crippen LogP contribution in [0.3, 0.4) is 0 Å². The maximum atomic E-state index is 2.46. The van der Waals surface area contributed by atoms with Crippen LogP contribution in [0.25, 0.3) is 65.7 Å². The van der Waals surface area contributed by atoms with Gasteiger partial charge in [0.2, 0.25) is 0 Å². The summed E-state index contributed by atoms with van der Waals surface area (Å²) >= 11 is 0. The molecule has 1 aliphatic carbocycles. The second kappa shape index (κ2) is 9.16. The molecule has 0 N–H and O–H groups in total. The molecule has 8 rings (SSSR count). The Kier molecular flexibility index (Phi) is 5.47. The van der Waals surface area contributed by atoms with Crippen LogP contribution in [0.4, 0.5) is 0 Å². The SMILES string of the molecule is CC(C)c1ccc2cc(-c3c4ccccc4c(-c4ccc5c(c4)C(C)(C)c4ccccc4-5)c4ccccc34)ccc2c1. The molecule has 0 heterocycles. The first kappa shape index (κ1) is 25.1. The molecular weight excluding hydrogens is 504 g/mol. The predicted molar refractivity (Wildman–Crippen MR) is 181 cm³/mol. The van der Waals surface area contributed by atoms with Crippen LogP contribution in [0.1, 0.15) is 50.3 Å². The Labute approximate surface area is 248 Å². The van der Waals surface area contributed by atoms with E-state index in [9.17, 15) is 0 Å². The monoisotopic (exact) mass is 538 g/mol. The van der Waals surface area contributed by atoms with E-state index in [4.69, 9.17) is 0 Å². The fourth-order valence-corrected chi connectivity index (χ4v) is 7.39. The van der Waals surface area contributed by atoms with Gasteiger partial charge in [0.25, 0.3) is 0 Å². The van der Waals surface area contributed by atoms with Crippen molar-refractivity contribution in [2.75, 3.05) is 0 Å². The highest BCUT2D eigenvalue weighted by molar-refractivity contribution is 6.21. The largest absolute Gasteiger partial charge is 0.0619 e. The van der Waals surface area contributed by atoms with E-state index in [1.165, 1.54) is 82.4 Å². The van der Waals surface area contributed by atoms with Gasteiger partial charge >= 0.3 is 0 Å². The zero-order chi connectivity index (χ0) is 28.6. The molecule has 0 amide bonds. The van der Waals surface area contributed by atoms with Gasteiger partial charge in [0, 0.05) is 5.41 Å². The first-order valence-electron chi connectivity index (χ1n) is 15.1. The summed E-state index contributed by atoms with van der Waals surface area (Å²) in [6.07, 6.45) is 0. The fraction of sp³-hybridized carbons (Fsp3) is 0.143. The van der Waals surface area contributed by atoms with E-state index in [1.54, 1.807) is 0 Å². The molecule has 0 fully saturated rings. The van der Waals surface area contributed by atoms with Crippen LogP contribution in [-0.4, -0.2) is 0 Å². The van der Waals surface area contributed by atoms with E-state index in [1.807, 2.05) is 0 Å². The molecule has 0 aliphatic heterocycles. The average molecular weight is 539 g/mol. The van der Waals surface area contributed by atoms with Gasteiger partial charge in [0.1, 0.15) is 0 Å². The van der Waals surface area contributed by atoms with Gasteiger partial charge in [-0.15, -0.1) is 0 Å². The normalized spacial score (nSPS) is 13.6. The van der Waals surface area contributed by atoms with Gasteiger partial charge in [-0.1, -0.05) is 143 Å². The molecule has 0 saturated carbocycles. The molecule has 0 heteroatoms. The minimum absolute atomic E-state index is 0.0337. The molecule has 0 aromatic heterocycles. The molecule has 202 valence electrons. The Morgan fingerprint density at radius 2 is 0.952 bits per heavy atom. The highest BCUT2D eigenvalue weighted by Gasteiger charge is 2.35. The van der Waals surface area contributed by atoms with Crippen molar-refractivity contribution < 1.29 is 0 Å². The van der Waals surface area contributed by atoms with Gasteiger partial charge in [-0.25, -0.2) is 0 Å². The lowest BCUT2D eigenvalue weighted by atomic mass is 9.80. The molecule has 0 atom stereocenters. The molecule has 0 spiro atoms. The molecule has 0 nitrogen and oxygen atoms in total. The van der Waals surface area contributed by atoms with E-state index < -0.39 is 0 Å². The van der Waals surface area contributed by atoms with Gasteiger partial charge in [-0.2, -0.15) is 0 Å². The molecule has 42 heavy (non-hydrogen) atoms. The topological polar surface area (TPSA) is 0 Å². The Balaban J connectivity index is 1.39. The summed E-state index contributed by atoms with van der Waals surface area (Å²) in [5.74, 6) is 0.522. The van der Waals surface area contributed by atoms with Crippen molar-refractivity contribution >= 4 is 32.3 Å². The number of benzene rings is 7. The quantitative estimate of drug-likeness (QED) is 0.196. The summed E-state index contributed by atoms with van der Waals surface area (Å²) in [6, 6.07) is 47.9. The highest BCUT2D eigenvalue weighted by Crippen LogP contribution is 2.51. The molecular formula is C42H34. The van der Waals surface area contributed by atoms with Crippen LogP contribution >= 0.6 is 0 Å². The summed E-state index contributed by atoms with van der Waals surface area (Å²) in [5, 5.41) is 7.79. The number of hydrogen-bond donors (Lipinski definition) is 0. The second-order valence-electron chi connectivity index (χ2n) is 12.7. The van der Waals surface area contributed by atoms with Crippen molar-refractivity contribution in [3.8, 4) is 33.4 Å². The Bertz CT molecular complexity index is 2130. The summed E-state index contributed by atoms with van der Waals surface area (Å²) in [5.41, 5.74) is 12.1. The maximum absolute atomic E-state index is 2.46. The summed E-state index contributed by atoms with van der Waals surface area (Å²) in [4.78, 5) is 0. The second-order valence-corrected chi connectivity index (χ2v) is 12.7. The standard InChI is InChI=1S/C42H34/c1-26(2)27-17-18-29-24-30(20-19-28(29)23-27)40-34-12-5-7-14-36(34)41(37-15-8-6-13-35(37)40)31-21-22-33-32-11-9-10-16-38(32)42(3,4)39(33)25-31/h5-26H,1-4H3. The summed E-state index contributed by atoms with van der Waals surface area (Å²) < 4.78 is 0. The average Bonchev–Trinajstić information content (AvgIpc) is 3.25. The summed E-state index contributed by atoms with van der Waals surface area (Å²) in [6.45, 7) is 9.25. The highest BCUT2D eigenvalue weighted by atomic mass is 14.4. The smallest absolute Gasteiger partial charge is 0.0159 e. The van der Waals surface area contributed by atoms with E-state index in [0.717, 1.165) is 0 Å². The molecule has 0 unspecified atom stereocenters. The van der Waals surface area contributed by atoms with Crippen LogP contribution in [-0.2, 0) is 5.41 Å². The molecule has 0 bridgehead atoms. The van der Waals surface area contributed by atoms with Crippen LogP contribution in [0.2, 0.25) is 0 Å². The van der Waals surface area contributed by atoms with Gasteiger partial charge in [-0.05, 0) is 100 Å². The van der Waals surface area contributed by atoms with Crippen molar-refractivity contribution in [3.05, 3.63) is 144 Å². The van der Waals surface area contributed by atoms with Crippen LogP contribution in [0.5, 0.6) is 0 Å². The van der Waals surface area contributed by atoms with Crippen molar-refractivity contribution in [1.29, 1.82) is 0 Å². The first-order valence-corrected chi connectivity index (χ1v) is 15.1. The zero-order valence-electron chi connectivity index (χ0n) is 24.7. The lowest BCUT2D eigenvalue weighted by Gasteiger charge is -2.23. The zero-order valence-corrected chi connectivity index (χ0v) is 24.7. The van der Waals surface area contributed by atoms with Crippen molar-refractivity contribution in [2.24, 2.45) is 0 Å². The van der Waals surface area contributed by atoms with E-state index in [0.29, 0.717) is 5.92 Å². The lowest BCUT2D eigenvalue weighted by molar-refractivity contribution is 0.660. The van der Waals surface area contributed by atoms with Crippen LogP contribution in [0, 0.1) is 0 Å². The summed E-state index contributed by atoms with van der Waals surface area (Å²) in [7, 11) is 0. The van der Waals surface area contributed by atoms with Gasteiger partial charge < -0.3 is 0 Å². The molecule has 7 aromatic rings. The Morgan fingerprint density at radius 1 is 0.452 bits per heavy atom. The Hall–Kier alpha value is -4.68. The third-order valence-corrected chi connectivity index (χ3v) is 9.62.